The largest absolute Gasteiger partial charge is 0.457 e. The van der Waals surface area contributed by atoms with Crippen LogP contribution in [0.15, 0.2) is 24.3 Å². The van der Waals surface area contributed by atoms with Crippen molar-refractivity contribution in [3.8, 4) is 0 Å². The predicted octanol–water partition coefficient (Wildman–Crippen LogP) is 3.31. The molecule has 0 atom stereocenters. The first-order valence-corrected chi connectivity index (χ1v) is 7.82. The van der Waals surface area contributed by atoms with E-state index in [1.54, 1.807) is 32.9 Å². The molecule has 0 unspecified atom stereocenters. The molecule has 0 aromatic heterocycles. The second-order valence-corrected chi connectivity index (χ2v) is 7.09. The van der Waals surface area contributed by atoms with Crippen molar-refractivity contribution in [2.45, 2.75) is 39.2 Å². The highest BCUT2D eigenvalue weighted by atomic mass is 19.1. The van der Waals surface area contributed by atoms with E-state index in [2.05, 4.69) is 0 Å². The number of esters is 1. The molecule has 1 aromatic carbocycles. The fourth-order valence-corrected chi connectivity index (χ4v) is 2.69. The highest BCUT2D eigenvalue weighted by Crippen LogP contribution is 2.41. The van der Waals surface area contributed by atoms with Crippen LogP contribution < -0.4 is 4.90 Å². The third kappa shape index (κ3) is 3.28. The van der Waals surface area contributed by atoms with Gasteiger partial charge >= 0.3 is 5.97 Å². The molecule has 0 radical (unpaired) electrons. The van der Waals surface area contributed by atoms with Crippen LogP contribution in [0, 0.1) is 11.7 Å². The zero-order valence-electron chi connectivity index (χ0n) is 13.6. The first kappa shape index (κ1) is 15.7. The summed E-state index contributed by atoms with van der Waals surface area (Å²) >= 11 is 0. The van der Waals surface area contributed by atoms with Gasteiger partial charge in [0.2, 0.25) is 0 Å². The van der Waals surface area contributed by atoms with Crippen LogP contribution in [0.1, 0.15) is 39.2 Å². The Labute approximate surface area is 134 Å². The second kappa shape index (κ2) is 5.48. The summed E-state index contributed by atoms with van der Waals surface area (Å²) in [6, 6.07) is 4.55. The number of nitrogens with zero attached hydrogens (tertiary/aromatic N) is 1. The minimum Gasteiger partial charge on any atom is -0.457 e. The second-order valence-electron chi connectivity index (χ2n) is 7.09. The number of carbonyl (C=O) groups is 2. The Morgan fingerprint density at radius 1 is 1.39 bits per heavy atom. The van der Waals surface area contributed by atoms with Crippen molar-refractivity contribution in [2.75, 3.05) is 11.4 Å². The van der Waals surface area contributed by atoms with Crippen LogP contribution in [0.2, 0.25) is 0 Å². The number of anilines is 1. The monoisotopic (exact) mass is 317 g/mol. The average Bonchev–Trinajstić information content (AvgIpc) is 3.19. The van der Waals surface area contributed by atoms with E-state index in [0.717, 1.165) is 12.8 Å². The molecule has 0 bridgehead atoms. The Kier molecular flexibility index (Phi) is 3.74. The molecule has 3 rings (SSSR count). The van der Waals surface area contributed by atoms with Gasteiger partial charge in [-0.2, -0.15) is 0 Å². The normalized spacial score (nSPS) is 19.2. The number of halogens is 1. The summed E-state index contributed by atoms with van der Waals surface area (Å²) in [5, 5.41) is 0. The van der Waals surface area contributed by atoms with Crippen molar-refractivity contribution in [3.05, 3.63) is 35.7 Å². The Morgan fingerprint density at radius 3 is 2.70 bits per heavy atom. The van der Waals surface area contributed by atoms with Crippen LogP contribution in [0.3, 0.4) is 0 Å². The van der Waals surface area contributed by atoms with Gasteiger partial charge in [0, 0.05) is 18.2 Å². The number of carbonyl (C=O) groups excluding carboxylic acids is 2. The molecule has 1 aliphatic heterocycles. The third-order valence-electron chi connectivity index (χ3n) is 3.83. The van der Waals surface area contributed by atoms with Crippen LogP contribution in [-0.4, -0.2) is 24.0 Å². The Hall–Kier alpha value is -2.17. The van der Waals surface area contributed by atoms with Crippen molar-refractivity contribution in [1.82, 2.24) is 0 Å². The minimum atomic E-state index is -0.645. The van der Waals surface area contributed by atoms with E-state index in [1.807, 2.05) is 0 Å². The summed E-state index contributed by atoms with van der Waals surface area (Å²) < 4.78 is 19.5. The fourth-order valence-electron chi connectivity index (χ4n) is 2.69. The quantitative estimate of drug-likeness (QED) is 0.635. The highest BCUT2D eigenvalue weighted by Gasteiger charge is 2.38. The Morgan fingerprint density at radius 2 is 2.09 bits per heavy atom. The number of ether oxygens (including phenoxy) is 1. The number of benzene rings is 1. The van der Waals surface area contributed by atoms with Crippen LogP contribution in [0.5, 0.6) is 0 Å². The zero-order chi connectivity index (χ0) is 16.8. The van der Waals surface area contributed by atoms with Crippen LogP contribution >= 0.6 is 0 Å². The summed E-state index contributed by atoms with van der Waals surface area (Å²) in [6.45, 7) is 5.77. The number of hydrogen-bond donors (Lipinski definition) is 0. The Bertz CT molecular complexity index is 699. The topological polar surface area (TPSA) is 46.6 Å². The maximum atomic E-state index is 14.2. The lowest BCUT2D eigenvalue weighted by Gasteiger charge is -2.18. The standard InChI is InChI=1S/C18H20FNO3/c1-18(2,3)23-15(21)9-13-12-5-4-6-14(19)16(12)20(17(13)22)10-11-7-8-11/h4-6,9,11H,7-8,10H2,1-3H3. The highest BCUT2D eigenvalue weighted by molar-refractivity contribution is 6.34. The maximum Gasteiger partial charge on any atom is 0.332 e. The van der Waals surface area contributed by atoms with Crippen molar-refractivity contribution < 1.29 is 18.7 Å². The fraction of sp³-hybridized carbons (Fsp3) is 0.444. The number of rotatable bonds is 3. The van der Waals surface area contributed by atoms with Crippen molar-refractivity contribution in [3.63, 3.8) is 0 Å². The molecule has 0 N–H and O–H groups in total. The SMILES string of the molecule is CC(C)(C)OC(=O)C=C1C(=O)N(CC2CC2)c2c(F)cccc21. The summed E-state index contributed by atoms with van der Waals surface area (Å²) in [4.78, 5) is 26.2. The molecule has 2 aliphatic rings. The number of hydrogen-bond acceptors (Lipinski definition) is 3. The first-order valence-electron chi connectivity index (χ1n) is 7.82. The van der Waals surface area contributed by atoms with E-state index < -0.39 is 17.4 Å². The molecule has 1 heterocycles. The molecule has 1 fully saturated rings. The van der Waals surface area contributed by atoms with Gasteiger partial charge in [0.25, 0.3) is 5.91 Å². The maximum absolute atomic E-state index is 14.2. The smallest absolute Gasteiger partial charge is 0.332 e. The third-order valence-corrected chi connectivity index (χ3v) is 3.83. The molecule has 23 heavy (non-hydrogen) atoms. The molecular formula is C18H20FNO3. The van der Waals surface area contributed by atoms with E-state index in [9.17, 15) is 14.0 Å². The van der Waals surface area contributed by atoms with Gasteiger partial charge in [-0.3, -0.25) is 4.79 Å². The summed E-state index contributed by atoms with van der Waals surface area (Å²) in [6.07, 6.45) is 3.29. The van der Waals surface area contributed by atoms with Crippen LogP contribution in [0.25, 0.3) is 5.57 Å². The van der Waals surface area contributed by atoms with Gasteiger partial charge in [-0.05, 0) is 45.6 Å². The predicted molar refractivity (Wildman–Crippen MR) is 85.3 cm³/mol. The molecule has 1 amide bonds. The lowest BCUT2D eigenvalue weighted by atomic mass is 10.1. The summed E-state index contributed by atoms with van der Waals surface area (Å²) in [7, 11) is 0. The molecule has 0 saturated heterocycles. The van der Waals surface area contributed by atoms with Crippen molar-refractivity contribution >= 4 is 23.1 Å². The van der Waals surface area contributed by atoms with Gasteiger partial charge in [-0.15, -0.1) is 0 Å². The lowest BCUT2D eigenvalue weighted by molar-refractivity contribution is -0.148. The minimum absolute atomic E-state index is 0.203. The number of amides is 1. The van der Waals surface area contributed by atoms with Gasteiger partial charge in [0.1, 0.15) is 11.4 Å². The first-order chi connectivity index (χ1) is 10.8. The molecule has 1 aromatic rings. The van der Waals surface area contributed by atoms with E-state index >= 15 is 0 Å². The van der Waals surface area contributed by atoms with E-state index in [4.69, 9.17) is 4.74 Å². The van der Waals surface area contributed by atoms with Crippen LogP contribution in [-0.2, 0) is 14.3 Å². The number of fused-ring (bicyclic) bond motifs is 1. The molecule has 4 nitrogen and oxygen atoms in total. The van der Waals surface area contributed by atoms with Crippen molar-refractivity contribution in [2.24, 2.45) is 5.92 Å². The van der Waals surface area contributed by atoms with Crippen molar-refractivity contribution in [1.29, 1.82) is 0 Å². The van der Waals surface area contributed by atoms with Gasteiger partial charge in [-0.1, -0.05) is 12.1 Å². The molecule has 0 spiro atoms. The van der Waals surface area contributed by atoms with Gasteiger partial charge in [0.05, 0.1) is 11.3 Å². The van der Waals surface area contributed by atoms with E-state index in [1.165, 1.54) is 17.0 Å². The Balaban J connectivity index is 1.97. The van der Waals surface area contributed by atoms with Gasteiger partial charge in [0.15, 0.2) is 0 Å². The van der Waals surface area contributed by atoms with E-state index in [0.29, 0.717) is 18.0 Å². The molecular weight excluding hydrogens is 297 g/mol. The zero-order valence-corrected chi connectivity index (χ0v) is 13.6. The van der Waals surface area contributed by atoms with Gasteiger partial charge < -0.3 is 9.64 Å². The van der Waals surface area contributed by atoms with Crippen LogP contribution in [0.4, 0.5) is 10.1 Å². The molecule has 122 valence electrons. The molecule has 1 saturated carbocycles. The molecule has 1 aliphatic carbocycles. The average molecular weight is 317 g/mol. The van der Waals surface area contributed by atoms with Gasteiger partial charge in [-0.25, -0.2) is 9.18 Å². The summed E-state index contributed by atoms with van der Waals surface area (Å²) in [5.74, 6) is -0.941. The lowest BCUT2D eigenvalue weighted by Crippen LogP contribution is -2.29. The van der Waals surface area contributed by atoms with E-state index in [-0.39, 0.29) is 17.2 Å². The number of para-hydroxylation sites is 1. The summed E-state index contributed by atoms with van der Waals surface area (Å²) in [5.41, 5.74) is 0.295. The molecule has 5 heteroatoms.